The molecule has 2 N–H and O–H groups in total. The minimum atomic E-state index is 0.0408. The van der Waals surface area contributed by atoms with E-state index in [1.54, 1.807) is 0 Å². The molecule has 0 spiro atoms. The maximum Gasteiger partial charge on any atom is 0.315 e. The fraction of sp³-hybridized carbons (Fsp3) is 0.650. The van der Waals surface area contributed by atoms with E-state index in [4.69, 9.17) is 0 Å². The van der Waals surface area contributed by atoms with E-state index in [9.17, 15) is 4.79 Å². The minimum Gasteiger partial charge on any atom is -0.338 e. The molecule has 0 saturated heterocycles. The zero-order valence-electron chi connectivity index (χ0n) is 14.1. The number of hydrogen-bond acceptors (Lipinski definition) is 1. The number of carbonyl (C=O) groups is 1. The largest absolute Gasteiger partial charge is 0.338 e. The molecule has 2 amide bonds. The maximum absolute atomic E-state index is 12.3. The summed E-state index contributed by atoms with van der Waals surface area (Å²) in [4.78, 5) is 12.3. The van der Waals surface area contributed by atoms with Gasteiger partial charge in [-0.05, 0) is 75.2 Å². The predicted octanol–water partition coefficient (Wildman–Crippen LogP) is 3.81. The Kier molecular flexibility index (Phi) is 3.82. The number of amides is 2. The molecule has 4 saturated carbocycles. The summed E-state index contributed by atoms with van der Waals surface area (Å²) in [7, 11) is 0. The summed E-state index contributed by atoms with van der Waals surface area (Å²) in [6, 6.07) is 8.59. The molecule has 1 aromatic carbocycles. The Hall–Kier alpha value is -1.51. The minimum absolute atomic E-state index is 0.0408. The van der Waals surface area contributed by atoms with Gasteiger partial charge in [0.1, 0.15) is 0 Å². The van der Waals surface area contributed by atoms with Crippen LogP contribution in [0.2, 0.25) is 0 Å². The van der Waals surface area contributed by atoms with E-state index in [0.29, 0.717) is 6.54 Å². The first kappa shape index (κ1) is 15.0. The molecule has 3 nitrogen and oxygen atoms in total. The fourth-order valence-electron chi connectivity index (χ4n) is 5.62. The number of rotatable bonds is 4. The Morgan fingerprint density at radius 3 is 2.17 bits per heavy atom. The molecule has 0 unspecified atom stereocenters. The zero-order valence-corrected chi connectivity index (χ0v) is 14.1. The normalized spacial score (nSPS) is 34.4. The van der Waals surface area contributed by atoms with Gasteiger partial charge < -0.3 is 10.6 Å². The van der Waals surface area contributed by atoms with Gasteiger partial charge >= 0.3 is 6.03 Å². The molecule has 4 fully saturated rings. The van der Waals surface area contributed by atoms with Crippen molar-refractivity contribution in [3.8, 4) is 0 Å². The second kappa shape index (κ2) is 5.85. The van der Waals surface area contributed by atoms with E-state index in [0.717, 1.165) is 24.2 Å². The van der Waals surface area contributed by atoms with Gasteiger partial charge in [-0.25, -0.2) is 4.79 Å². The van der Waals surface area contributed by atoms with E-state index in [2.05, 4.69) is 41.8 Å². The van der Waals surface area contributed by atoms with Gasteiger partial charge in [0.25, 0.3) is 0 Å². The zero-order chi connectivity index (χ0) is 15.9. The molecule has 0 radical (unpaired) electrons. The summed E-state index contributed by atoms with van der Waals surface area (Å²) in [5.74, 6) is 2.61. The molecule has 4 aliphatic rings. The monoisotopic (exact) mass is 312 g/mol. The van der Waals surface area contributed by atoms with Gasteiger partial charge in [-0.2, -0.15) is 0 Å². The van der Waals surface area contributed by atoms with Crippen molar-refractivity contribution in [3.05, 3.63) is 35.4 Å². The number of urea groups is 1. The van der Waals surface area contributed by atoms with Crippen LogP contribution >= 0.6 is 0 Å². The molecule has 3 heteroatoms. The summed E-state index contributed by atoms with van der Waals surface area (Å²) in [6.07, 6.45) is 8.77. The summed E-state index contributed by atoms with van der Waals surface area (Å²) < 4.78 is 0. The summed E-state index contributed by atoms with van der Waals surface area (Å²) in [6.45, 7) is 2.81. The van der Waals surface area contributed by atoms with Gasteiger partial charge in [0.2, 0.25) is 0 Å². The van der Waals surface area contributed by atoms with Crippen LogP contribution in [0, 0.1) is 24.7 Å². The highest BCUT2D eigenvalue weighted by atomic mass is 16.2. The lowest BCUT2D eigenvalue weighted by molar-refractivity contribution is -0.0135. The van der Waals surface area contributed by atoms with Crippen LogP contribution in [0.5, 0.6) is 0 Å². The van der Waals surface area contributed by atoms with Gasteiger partial charge in [-0.1, -0.05) is 29.8 Å². The number of nitrogens with one attached hydrogen (secondary N) is 2. The number of carbonyl (C=O) groups excluding carboxylic acids is 1. The van der Waals surface area contributed by atoms with Gasteiger partial charge in [0.05, 0.1) is 0 Å². The van der Waals surface area contributed by atoms with Crippen LogP contribution in [0.15, 0.2) is 24.3 Å². The third kappa shape index (κ3) is 3.24. The van der Waals surface area contributed by atoms with Crippen LogP contribution in [0.3, 0.4) is 0 Å². The maximum atomic E-state index is 12.3. The molecule has 23 heavy (non-hydrogen) atoms. The van der Waals surface area contributed by atoms with E-state index in [1.807, 2.05) is 0 Å². The van der Waals surface area contributed by atoms with Crippen LogP contribution in [0.1, 0.15) is 49.7 Å². The molecule has 1 aromatic rings. The first-order valence-electron chi connectivity index (χ1n) is 9.22. The second-order valence-corrected chi connectivity index (χ2v) is 8.31. The molecule has 0 aromatic heterocycles. The summed E-state index contributed by atoms with van der Waals surface area (Å²) >= 11 is 0. The molecule has 124 valence electrons. The molecular formula is C20H28N2O. The fourth-order valence-corrected chi connectivity index (χ4v) is 5.62. The SMILES string of the molecule is Cc1ccc(CCNC(=O)NC23CC4CC(CC(C4)C2)C3)cc1. The van der Waals surface area contributed by atoms with Gasteiger partial charge in [-0.3, -0.25) is 0 Å². The lowest BCUT2D eigenvalue weighted by Crippen LogP contribution is -2.61. The quantitative estimate of drug-likeness (QED) is 0.872. The van der Waals surface area contributed by atoms with Crippen molar-refractivity contribution in [1.82, 2.24) is 10.6 Å². The topological polar surface area (TPSA) is 41.1 Å². The third-order valence-corrected chi connectivity index (χ3v) is 6.24. The first-order chi connectivity index (χ1) is 11.1. The van der Waals surface area contributed by atoms with Crippen molar-refractivity contribution < 1.29 is 4.79 Å². The molecule has 0 aliphatic heterocycles. The third-order valence-electron chi connectivity index (χ3n) is 6.24. The van der Waals surface area contributed by atoms with E-state index < -0.39 is 0 Å². The molecule has 0 atom stereocenters. The van der Waals surface area contributed by atoms with Crippen molar-refractivity contribution in [2.75, 3.05) is 6.54 Å². The molecule has 0 heterocycles. The van der Waals surface area contributed by atoms with E-state index in [1.165, 1.54) is 49.7 Å². The highest BCUT2D eigenvalue weighted by Crippen LogP contribution is 2.55. The van der Waals surface area contributed by atoms with Gasteiger partial charge in [-0.15, -0.1) is 0 Å². The highest BCUT2D eigenvalue weighted by Gasteiger charge is 2.51. The second-order valence-electron chi connectivity index (χ2n) is 8.31. The van der Waals surface area contributed by atoms with Crippen molar-refractivity contribution in [2.24, 2.45) is 17.8 Å². The average molecular weight is 312 g/mol. The van der Waals surface area contributed by atoms with E-state index in [-0.39, 0.29) is 11.6 Å². The lowest BCUT2D eigenvalue weighted by Gasteiger charge is -2.56. The summed E-state index contributed by atoms with van der Waals surface area (Å²) in [5.41, 5.74) is 2.68. The Morgan fingerprint density at radius 1 is 1.04 bits per heavy atom. The smallest absolute Gasteiger partial charge is 0.315 e. The lowest BCUT2D eigenvalue weighted by atomic mass is 9.53. The summed E-state index contributed by atoms with van der Waals surface area (Å²) in [5, 5.41) is 6.44. The Balaban J connectivity index is 1.28. The van der Waals surface area contributed by atoms with Crippen LogP contribution in [-0.2, 0) is 6.42 Å². The average Bonchev–Trinajstić information content (AvgIpc) is 2.47. The Labute approximate surface area is 139 Å². The van der Waals surface area contributed by atoms with Gasteiger partial charge in [0.15, 0.2) is 0 Å². The molecular weight excluding hydrogens is 284 g/mol. The first-order valence-corrected chi connectivity index (χ1v) is 9.22. The molecule has 5 rings (SSSR count). The van der Waals surface area contributed by atoms with Crippen LogP contribution < -0.4 is 10.6 Å². The Bertz CT molecular complexity index is 543. The molecule has 4 bridgehead atoms. The van der Waals surface area contributed by atoms with Crippen molar-refractivity contribution in [3.63, 3.8) is 0 Å². The van der Waals surface area contributed by atoms with Crippen LogP contribution in [0.25, 0.3) is 0 Å². The predicted molar refractivity (Wildman–Crippen MR) is 92.3 cm³/mol. The van der Waals surface area contributed by atoms with E-state index >= 15 is 0 Å². The number of aryl methyl sites for hydroxylation is 1. The van der Waals surface area contributed by atoms with Gasteiger partial charge in [0, 0.05) is 12.1 Å². The van der Waals surface area contributed by atoms with Crippen molar-refractivity contribution in [2.45, 2.75) is 57.4 Å². The van der Waals surface area contributed by atoms with Crippen molar-refractivity contribution in [1.29, 1.82) is 0 Å². The number of benzene rings is 1. The van der Waals surface area contributed by atoms with Crippen LogP contribution in [0.4, 0.5) is 4.79 Å². The highest BCUT2D eigenvalue weighted by molar-refractivity contribution is 5.74. The standard InChI is InChI=1S/C20H28N2O/c1-14-2-4-15(5-3-14)6-7-21-19(23)22-20-11-16-8-17(12-20)10-18(9-16)13-20/h2-5,16-18H,6-13H2,1H3,(H2,21,22,23). The van der Waals surface area contributed by atoms with Crippen molar-refractivity contribution >= 4 is 6.03 Å². The number of hydrogen-bond donors (Lipinski definition) is 2. The van der Waals surface area contributed by atoms with Crippen LogP contribution in [-0.4, -0.2) is 18.1 Å². The molecule has 4 aliphatic carbocycles. The Morgan fingerprint density at radius 2 is 1.61 bits per heavy atom.